The van der Waals surface area contributed by atoms with E-state index in [1.807, 2.05) is 47.9 Å². The lowest BCUT2D eigenvalue weighted by Gasteiger charge is -2.10. The molecular weight excluding hydrogens is 246 g/mol. The predicted octanol–water partition coefficient (Wildman–Crippen LogP) is 3.57. The number of nitrogens with two attached hydrogens (primary N) is 1. The lowest BCUT2D eigenvalue weighted by atomic mass is 10.2. The maximum Gasteiger partial charge on any atom is 0.100 e. The van der Waals surface area contributed by atoms with Crippen LogP contribution in [0, 0.1) is 6.92 Å². The standard InChI is InChI=1S/C14H12ClN3/c1-9-3-2-4-11(15)14(9)18-8-17-12-7-10(16)5-6-13(12)18/h2-8H,16H2,1H3. The van der Waals surface area contributed by atoms with Crippen LogP contribution >= 0.6 is 11.6 Å². The number of hydrogen-bond donors (Lipinski definition) is 1. The molecule has 0 saturated carbocycles. The van der Waals surface area contributed by atoms with Crippen molar-refractivity contribution >= 4 is 28.3 Å². The summed E-state index contributed by atoms with van der Waals surface area (Å²) in [7, 11) is 0. The van der Waals surface area contributed by atoms with Crippen LogP contribution in [0.15, 0.2) is 42.7 Å². The van der Waals surface area contributed by atoms with E-state index >= 15 is 0 Å². The monoisotopic (exact) mass is 257 g/mol. The van der Waals surface area contributed by atoms with Gasteiger partial charge in [0.2, 0.25) is 0 Å². The Kier molecular flexibility index (Phi) is 2.49. The molecule has 3 rings (SSSR count). The van der Waals surface area contributed by atoms with Gasteiger partial charge in [-0.1, -0.05) is 23.7 Å². The Bertz CT molecular complexity index is 711. The number of benzene rings is 2. The lowest BCUT2D eigenvalue weighted by molar-refractivity contribution is 1.07. The first-order valence-corrected chi connectivity index (χ1v) is 6.02. The fraction of sp³-hybridized carbons (Fsp3) is 0.0714. The minimum atomic E-state index is 0.712. The van der Waals surface area contributed by atoms with Crippen LogP contribution in [-0.4, -0.2) is 9.55 Å². The normalized spacial score (nSPS) is 11.0. The molecule has 0 radical (unpaired) electrons. The zero-order chi connectivity index (χ0) is 12.7. The molecule has 90 valence electrons. The number of aromatic nitrogens is 2. The summed E-state index contributed by atoms with van der Waals surface area (Å²) < 4.78 is 1.99. The molecular formula is C14H12ClN3. The summed E-state index contributed by atoms with van der Waals surface area (Å²) in [6, 6.07) is 11.5. The van der Waals surface area contributed by atoms with E-state index in [1.165, 1.54) is 0 Å². The molecule has 0 aliphatic heterocycles. The van der Waals surface area contributed by atoms with Crippen molar-refractivity contribution in [3.8, 4) is 5.69 Å². The molecule has 1 heterocycles. The SMILES string of the molecule is Cc1cccc(Cl)c1-n1cnc2cc(N)ccc21. The molecule has 0 bridgehead atoms. The van der Waals surface area contributed by atoms with Crippen LogP contribution in [0.1, 0.15) is 5.56 Å². The molecule has 0 saturated heterocycles. The molecule has 18 heavy (non-hydrogen) atoms. The van der Waals surface area contributed by atoms with Crippen LogP contribution in [0.4, 0.5) is 5.69 Å². The van der Waals surface area contributed by atoms with Crippen molar-refractivity contribution in [3.05, 3.63) is 53.3 Å². The van der Waals surface area contributed by atoms with Gasteiger partial charge >= 0.3 is 0 Å². The second kappa shape index (κ2) is 4.03. The number of rotatable bonds is 1. The molecule has 2 N–H and O–H groups in total. The summed E-state index contributed by atoms with van der Waals surface area (Å²) in [6.45, 7) is 2.03. The number of anilines is 1. The van der Waals surface area contributed by atoms with E-state index < -0.39 is 0 Å². The van der Waals surface area contributed by atoms with Gasteiger partial charge in [-0.15, -0.1) is 0 Å². The minimum Gasteiger partial charge on any atom is -0.399 e. The maximum atomic E-state index is 6.28. The third kappa shape index (κ3) is 1.64. The van der Waals surface area contributed by atoms with E-state index in [4.69, 9.17) is 17.3 Å². The second-order valence-electron chi connectivity index (χ2n) is 4.27. The van der Waals surface area contributed by atoms with Crippen molar-refractivity contribution in [3.63, 3.8) is 0 Å². The number of nitrogens with zero attached hydrogens (tertiary/aromatic N) is 2. The van der Waals surface area contributed by atoms with E-state index in [9.17, 15) is 0 Å². The highest BCUT2D eigenvalue weighted by atomic mass is 35.5. The van der Waals surface area contributed by atoms with Crippen LogP contribution in [-0.2, 0) is 0 Å². The summed E-state index contributed by atoms with van der Waals surface area (Å²) in [5.41, 5.74) is 10.4. The third-order valence-electron chi connectivity index (χ3n) is 3.00. The van der Waals surface area contributed by atoms with Crippen LogP contribution < -0.4 is 5.73 Å². The molecule has 0 atom stereocenters. The number of fused-ring (bicyclic) bond motifs is 1. The van der Waals surface area contributed by atoms with Gasteiger partial charge in [-0.2, -0.15) is 0 Å². The van der Waals surface area contributed by atoms with Gasteiger partial charge in [0.05, 0.1) is 21.7 Å². The topological polar surface area (TPSA) is 43.8 Å². The summed E-state index contributed by atoms with van der Waals surface area (Å²) >= 11 is 6.28. The van der Waals surface area contributed by atoms with E-state index in [0.29, 0.717) is 10.7 Å². The van der Waals surface area contributed by atoms with Crippen molar-refractivity contribution in [1.29, 1.82) is 0 Å². The molecule has 0 amide bonds. The summed E-state index contributed by atoms with van der Waals surface area (Å²) in [5.74, 6) is 0. The average Bonchev–Trinajstić information content (AvgIpc) is 2.72. The smallest absolute Gasteiger partial charge is 0.100 e. The number of hydrogen-bond acceptors (Lipinski definition) is 2. The molecule has 0 aliphatic carbocycles. The molecule has 3 aromatic rings. The Morgan fingerprint density at radius 1 is 1.22 bits per heavy atom. The zero-order valence-electron chi connectivity index (χ0n) is 9.89. The maximum absolute atomic E-state index is 6.28. The zero-order valence-corrected chi connectivity index (χ0v) is 10.6. The largest absolute Gasteiger partial charge is 0.399 e. The fourth-order valence-electron chi connectivity index (χ4n) is 2.14. The first-order chi connectivity index (χ1) is 8.66. The van der Waals surface area contributed by atoms with Crippen LogP contribution in [0.5, 0.6) is 0 Å². The first-order valence-electron chi connectivity index (χ1n) is 5.65. The first kappa shape index (κ1) is 11.1. The van der Waals surface area contributed by atoms with Crippen molar-refractivity contribution < 1.29 is 0 Å². The predicted molar refractivity (Wildman–Crippen MR) is 75.2 cm³/mol. The van der Waals surface area contributed by atoms with Gasteiger partial charge in [0.25, 0.3) is 0 Å². The van der Waals surface area contributed by atoms with Crippen molar-refractivity contribution in [2.45, 2.75) is 6.92 Å². The van der Waals surface area contributed by atoms with Crippen molar-refractivity contribution in [2.24, 2.45) is 0 Å². The molecule has 2 aromatic carbocycles. The van der Waals surface area contributed by atoms with Gasteiger partial charge in [-0.05, 0) is 36.8 Å². The number of para-hydroxylation sites is 1. The molecule has 3 nitrogen and oxygen atoms in total. The van der Waals surface area contributed by atoms with E-state index in [-0.39, 0.29) is 0 Å². The number of aryl methyl sites for hydroxylation is 1. The Labute approximate surface area is 110 Å². The number of nitrogen functional groups attached to an aromatic ring is 1. The van der Waals surface area contributed by atoms with Gasteiger partial charge in [-0.25, -0.2) is 4.98 Å². The summed E-state index contributed by atoms with van der Waals surface area (Å²) in [4.78, 5) is 4.36. The molecule has 4 heteroatoms. The summed E-state index contributed by atoms with van der Waals surface area (Å²) in [5, 5.41) is 0.714. The lowest BCUT2D eigenvalue weighted by Crippen LogP contribution is -1.96. The second-order valence-corrected chi connectivity index (χ2v) is 4.68. The van der Waals surface area contributed by atoms with Crippen LogP contribution in [0.3, 0.4) is 0 Å². The van der Waals surface area contributed by atoms with Crippen LogP contribution in [0.2, 0.25) is 5.02 Å². The van der Waals surface area contributed by atoms with Crippen molar-refractivity contribution in [2.75, 3.05) is 5.73 Å². The highest BCUT2D eigenvalue weighted by Crippen LogP contribution is 2.27. The van der Waals surface area contributed by atoms with Crippen LogP contribution in [0.25, 0.3) is 16.7 Å². The van der Waals surface area contributed by atoms with Gasteiger partial charge in [0.15, 0.2) is 0 Å². The fourth-order valence-corrected chi connectivity index (χ4v) is 2.45. The Balaban J connectivity index is 2.32. The Morgan fingerprint density at radius 3 is 2.83 bits per heavy atom. The van der Waals surface area contributed by atoms with Gasteiger partial charge in [0.1, 0.15) is 6.33 Å². The van der Waals surface area contributed by atoms with Gasteiger partial charge < -0.3 is 5.73 Å². The molecule has 0 aliphatic rings. The average molecular weight is 258 g/mol. The highest BCUT2D eigenvalue weighted by Gasteiger charge is 2.10. The number of halogens is 1. The van der Waals surface area contributed by atoms with E-state index in [1.54, 1.807) is 6.33 Å². The third-order valence-corrected chi connectivity index (χ3v) is 3.31. The Morgan fingerprint density at radius 2 is 2.06 bits per heavy atom. The van der Waals surface area contributed by atoms with Gasteiger partial charge in [0, 0.05) is 5.69 Å². The minimum absolute atomic E-state index is 0.712. The summed E-state index contributed by atoms with van der Waals surface area (Å²) in [6.07, 6.45) is 1.78. The van der Waals surface area contributed by atoms with Crippen molar-refractivity contribution in [1.82, 2.24) is 9.55 Å². The molecule has 0 fully saturated rings. The highest BCUT2D eigenvalue weighted by molar-refractivity contribution is 6.32. The molecule has 0 spiro atoms. The van der Waals surface area contributed by atoms with Gasteiger partial charge in [-0.3, -0.25) is 4.57 Å². The number of imidazole rings is 1. The quantitative estimate of drug-likeness (QED) is 0.678. The Hall–Kier alpha value is -2.00. The van der Waals surface area contributed by atoms with E-state index in [0.717, 1.165) is 22.3 Å². The molecule has 1 aromatic heterocycles. The van der Waals surface area contributed by atoms with E-state index in [2.05, 4.69) is 4.98 Å². The molecule has 0 unspecified atom stereocenters.